The first kappa shape index (κ1) is 26.8. The lowest BCUT2D eigenvalue weighted by atomic mass is 10.0. The van der Waals surface area contributed by atoms with Crippen LogP contribution in [0.4, 0.5) is 14.5 Å². The van der Waals surface area contributed by atoms with Gasteiger partial charge < -0.3 is 20.1 Å². The molecule has 12 heteroatoms. The van der Waals surface area contributed by atoms with Crippen molar-refractivity contribution >= 4 is 35.1 Å². The number of aromatic nitrogens is 2. The number of nitrogens with one attached hydrogen (secondary N) is 1. The number of carbonyl (C=O) groups is 3. The molecule has 9 nitrogen and oxygen atoms in total. The van der Waals surface area contributed by atoms with Gasteiger partial charge in [-0.25, -0.2) is 13.6 Å². The number of aryl methyl sites for hydroxylation is 1. The molecule has 204 valence electrons. The highest BCUT2D eigenvalue weighted by molar-refractivity contribution is 6.31. The number of carboxylic acid groups (broad SMARTS) is 1. The van der Waals surface area contributed by atoms with Crippen LogP contribution in [0.3, 0.4) is 0 Å². The smallest absolute Gasteiger partial charge is 0.335 e. The van der Waals surface area contributed by atoms with Gasteiger partial charge in [0.15, 0.2) is 5.69 Å². The first-order valence-corrected chi connectivity index (χ1v) is 12.3. The third-order valence-corrected chi connectivity index (χ3v) is 6.58. The van der Waals surface area contributed by atoms with Crippen molar-refractivity contribution in [2.75, 3.05) is 11.9 Å². The predicted molar refractivity (Wildman–Crippen MR) is 141 cm³/mol. The first-order valence-electron chi connectivity index (χ1n) is 12.0. The molecule has 0 bridgehead atoms. The number of rotatable bonds is 7. The van der Waals surface area contributed by atoms with Gasteiger partial charge in [-0.2, -0.15) is 5.10 Å². The molecule has 0 atom stereocenters. The molecule has 1 aromatic heterocycles. The van der Waals surface area contributed by atoms with E-state index in [0.29, 0.717) is 27.6 Å². The summed E-state index contributed by atoms with van der Waals surface area (Å²) in [6, 6.07) is 13.8. The Morgan fingerprint density at radius 2 is 1.88 bits per heavy atom. The van der Waals surface area contributed by atoms with E-state index in [1.165, 1.54) is 22.9 Å². The number of carbonyl (C=O) groups excluding carboxylic acids is 2. The van der Waals surface area contributed by atoms with Crippen LogP contribution in [-0.4, -0.2) is 44.1 Å². The van der Waals surface area contributed by atoms with Crippen molar-refractivity contribution in [2.24, 2.45) is 7.05 Å². The van der Waals surface area contributed by atoms with Crippen LogP contribution < -0.4 is 10.1 Å². The average molecular weight is 567 g/mol. The molecule has 40 heavy (non-hydrogen) atoms. The molecule has 0 spiro atoms. The molecule has 3 aromatic carbocycles. The van der Waals surface area contributed by atoms with Crippen molar-refractivity contribution < 1.29 is 33.0 Å². The fourth-order valence-corrected chi connectivity index (χ4v) is 4.65. The van der Waals surface area contributed by atoms with E-state index >= 15 is 0 Å². The number of nitrogens with zero attached hydrogens (tertiary/aromatic N) is 3. The molecular weight excluding hydrogens is 546 g/mol. The first-order chi connectivity index (χ1) is 19.1. The Hall–Kier alpha value is -4.77. The van der Waals surface area contributed by atoms with Crippen molar-refractivity contribution in [3.63, 3.8) is 0 Å². The second kappa shape index (κ2) is 10.8. The number of ether oxygens (including phenoxy) is 1. The van der Waals surface area contributed by atoms with Crippen molar-refractivity contribution in [3.8, 4) is 17.0 Å². The van der Waals surface area contributed by atoms with Crippen LogP contribution in [0, 0.1) is 11.6 Å². The highest BCUT2D eigenvalue weighted by atomic mass is 35.5. The lowest BCUT2D eigenvalue weighted by molar-refractivity contribution is -0.117. The number of aromatic carboxylic acids is 1. The molecule has 0 saturated heterocycles. The Balaban J connectivity index is 1.48. The molecule has 2 N–H and O–H groups in total. The molecule has 4 aromatic rings. The molecule has 2 amide bonds. The third kappa shape index (κ3) is 5.23. The van der Waals surface area contributed by atoms with E-state index in [9.17, 15) is 28.3 Å². The zero-order valence-corrected chi connectivity index (χ0v) is 21.7. The highest BCUT2D eigenvalue weighted by Gasteiger charge is 2.32. The van der Waals surface area contributed by atoms with Gasteiger partial charge >= 0.3 is 5.97 Å². The van der Waals surface area contributed by atoms with Gasteiger partial charge in [-0.05, 0) is 42.5 Å². The summed E-state index contributed by atoms with van der Waals surface area (Å²) in [5.41, 5.74) is 1.22. The summed E-state index contributed by atoms with van der Waals surface area (Å²) in [6.45, 7) is -0.893. The quantitative estimate of drug-likeness (QED) is 0.329. The molecular formula is C28H21ClF2N4O5. The predicted octanol–water partition coefficient (Wildman–Crippen LogP) is 4.89. The van der Waals surface area contributed by atoms with Crippen molar-refractivity contribution in [1.82, 2.24) is 14.7 Å². The Bertz CT molecular complexity index is 1670. The maximum Gasteiger partial charge on any atom is 0.335 e. The number of anilines is 1. The second-order valence-electron chi connectivity index (χ2n) is 9.03. The fourth-order valence-electron chi connectivity index (χ4n) is 4.48. The molecule has 5 rings (SSSR count). The number of benzene rings is 3. The number of halogens is 3. The number of hydrogen-bond donors (Lipinski definition) is 2. The maximum atomic E-state index is 14.6. The molecule has 0 unspecified atom stereocenters. The summed E-state index contributed by atoms with van der Waals surface area (Å²) >= 11 is 6.18. The minimum Gasteiger partial charge on any atom is -0.488 e. The van der Waals surface area contributed by atoms with E-state index in [4.69, 9.17) is 16.3 Å². The van der Waals surface area contributed by atoms with Gasteiger partial charge in [0.05, 0.1) is 16.9 Å². The SMILES string of the molecule is Cn1nc(C(=O)N(CC(=O)Nc2cc(C(=O)O)ccc2F)Cc2ccccc2F)c2c1-c1cc(Cl)ccc1OC2. The number of hydrogen-bond acceptors (Lipinski definition) is 5. The molecule has 0 radical (unpaired) electrons. The van der Waals surface area contributed by atoms with Gasteiger partial charge in [-0.15, -0.1) is 0 Å². The van der Waals surface area contributed by atoms with Crippen molar-refractivity contribution in [3.05, 3.63) is 99.7 Å². The van der Waals surface area contributed by atoms with E-state index < -0.39 is 36.0 Å². The maximum absolute atomic E-state index is 14.6. The van der Waals surface area contributed by atoms with E-state index in [1.807, 2.05) is 0 Å². The largest absolute Gasteiger partial charge is 0.488 e. The van der Waals surface area contributed by atoms with Gasteiger partial charge in [-0.1, -0.05) is 29.8 Å². The minimum atomic E-state index is -1.31. The number of amides is 2. The van der Waals surface area contributed by atoms with E-state index in [0.717, 1.165) is 23.1 Å². The molecule has 2 heterocycles. The Labute approximate surface area is 231 Å². The van der Waals surface area contributed by atoms with Crippen molar-refractivity contribution in [1.29, 1.82) is 0 Å². The van der Waals surface area contributed by atoms with Crippen LogP contribution in [0.15, 0.2) is 60.7 Å². The standard InChI is InChI=1S/C28H21ClF2N4O5/c1-34-26-18-11-17(29)7-9-23(18)40-14-19(26)25(33-34)27(37)35(12-16-4-2-3-5-20(16)30)13-24(36)32-22-10-15(28(38)39)6-8-21(22)31/h2-11H,12-14H2,1H3,(H,32,36)(H,38,39). The summed E-state index contributed by atoms with van der Waals surface area (Å²) in [7, 11) is 1.65. The van der Waals surface area contributed by atoms with Crippen LogP contribution in [0.1, 0.15) is 32.0 Å². The highest BCUT2D eigenvalue weighted by Crippen LogP contribution is 2.40. The van der Waals surface area contributed by atoms with Crippen LogP contribution in [0.5, 0.6) is 5.75 Å². The minimum absolute atomic E-state index is 0.00804. The van der Waals surface area contributed by atoms with E-state index in [2.05, 4.69) is 10.4 Å². The number of carboxylic acids is 1. The monoisotopic (exact) mass is 566 g/mol. The molecule has 0 aliphatic carbocycles. The normalized spacial score (nSPS) is 11.7. The average Bonchev–Trinajstić information content (AvgIpc) is 3.26. The summed E-state index contributed by atoms with van der Waals surface area (Å²) in [4.78, 5) is 39.2. The zero-order chi connectivity index (χ0) is 28.6. The topological polar surface area (TPSA) is 114 Å². The molecule has 1 aliphatic rings. The lowest BCUT2D eigenvalue weighted by Crippen LogP contribution is -2.38. The van der Waals surface area contributed by atoms with Crippen molar-refractivity contribution in [2.45, 2.75) is 13.2 Å². The Kier molecular flexibility index (Phi) is 7.22. The van der Waals surface area contributed by atoms with Gasteiger partial charge in [0, 0.05) is 35.3 Å². The second-order valence-corrected chi connectivity index (χ2v) is 9.47. The van der Waals surface area contributed by atoms with Crippen LogP contribution >= 0.6 is 11.6 Å². The summed E-state index contributed by atoms with van der Waals surface area (Å²) in [5.74, 6) is -3.72. The fraction of sp³-hybridized carbons (Fsp3) is 0.143. The molecule has 0 fully saturated rings. The van der Waals surface area contributed by atoms with E-state index in [1.54, 1.807) is 31.3 Å². The zero-order valence-electron chi connectivity index (χ0n) is 21.0. The lowest BCUT2D eigenvalue weighted by Gasteiger charge is -2.23. The van der Waals surface area contributed by atoms with Gasteiger partial charge in [0.1, 0.15) is 30.5 Å². The number of fused-ring (bicyclic) bond motifs is 3. The van der Waals surface area contributed by atoms with Gasteiger partial charge in [0.25, 0.3) is 5.91 Å². The Morgan fingerprint density at radius 1 is 1.10 bits per heavy atom. The van der Waals surface area contributed by atoms with Gasteiger partial charge in [0.2, 0.25) is 5.91 Å². The van der Waals surface area contributed by atoms with Crippen LogP contribution in [0.2, 0.25) is 5.02 Å². The molecule has 0 saturated carbocycles. The summed E-state index contributed by atoms with van der Waals surface area (Å²) in [6.07, 6.45) is 0. The van der Waals surface area contributed by atoms with Gasteiger partial charge in [-0.3, -0.25) is 14.3 Å². The summed E-state index contributed by atoms with van der Waals surface area (Å²) < 4.78 is 36.2. The molecule has 1 aliphatic heterocycles. The third-order valence-electron chi connectivity index (χ3n) is 6.34. The van der Waals surface area contributed by atoms with Crippen LogP contribution in [-0.2, 0) is 25.0 Å². The summed E-state index contributed by atoms with van der Waals surface area (Å²) in [5, 5.41) is 16.3. The Morgan fingerprint density at radius 3 is 2.62 bits per heavy atom. The van der Waals surface area contributed by atoms with E-state index in [-0.39, 0.29) is 35.7 Å². The van der Waals surface area contributed by atoms with Crippen LogP contribution in [0.25, 0.3) is 11.3 Å².